The Labute approximate surface area is 475 Å². The third-order valence-electron chi connectivity index (χ3n) is 16.0. The standard InChI is InChI=1S/C70H134O6/c1-4-7-10-13-16-19-22-25-27-29-30-31-32-33-34-35-36-37-38-39-41-42-45-48-51-54-57-60-63-69(72)75-66-67(65-74-68(71)62-59-56-53-50-47-44-24-21-18-15-12-9-6-3)76-70(73)64-61-58-55-52-49-46-43-40-28-26-23-20-17-14-11-8-5-2/h26,28,67H,4-25,27,29-66H2,1-3H3/b28-26-. The number of allylic oxidation sites excluding steroid dienone is 2. The summed E-state index contributed by atoms with van der Waals surface area (Å²) in [7, 11) is 0. The molecule has 450 valence electrons. The summed E-state index contributed by atoms with van der Waals surface area (Å²) in [6.07, 6.45) is 78.2. The van der Waals surface area contributed by atoms with Crippen molar-refractivity contribution in [2.75, 3.05) is 13.2 Å². The molecule has 1 atom stereocenters. The minimum Gasteiger partial charge on any atom is -0.462 e. The molecule has 0 aromatic rings. The summed E-state index contributed by atoms with van der Waals surface area (Å²) in [6, 6.07) is 0. The van der Waals surface area contributed by atoms with Gasteiger partial charge in [0.15, 0.2) is 6.10 Å². The summed E-state index contributed by atoms with van der Waals surface area (Å²) in [4.78, 5) is 38.3. The molecular weight excluding hydrogens is 937 g/mol. The summed E-state index contributed by atoms with van der Waals surface area (Å²) in [5.74, 6) is -0.837. The lowest BCUT2D eigenvalue weighted by atomic mass is 10.0. The van der Waals surface area contributed by atoms with Crippen LogP contribution in [0.5, 0.6) is 0 Å². The molecule has 0 fully saturated rings. The third kappa shape index (κ3) is 63.0. The summed E-state index contributed by atoms with van der Waals surface area (Å²) < 4.78 is 17.0. The van der Waals surface area contributed by atoms with Crippen molar-refractivity contribution in [2.24, 2.45) is 0 Å². The molecule has 0 rings (SSSR count). The van der Waals surface area contributed by atoms with Crippen LogP contribution in [-0.4, -0.2) is 37.2 Å². The number of hydrogen-bond donors (Lipinski definition) is 0. The van der Waals surface area contributed by atoms with Gasteiger partial charge >= 0.3 is 17.9 Å². The highest BCUT2D eigenvalue weighted by Crippen LogP contribution is 2.19. The van der Waals surface area contributed by atoms with Crippen molar-refractivity contribution in [1.82, 2.24) is 0 Å². The van der Waals surface area contributed by atoms with Crippen molar-refractivity contribution in [1.29, 1.82) is 0 Å². The molecular formula is C70H134O6. The van der Waals surface area contributed by atoms with Crippen molar-refractivity contribution < 1.29 is 28.6 Å². The quantitative estimate of drug-likeness (QED) is 0.0261. The summed E-state index contributed by atoms with van der Waals surface area (Å²) >= 11 is 0. The van der Waals surface area contributed by atoms with E-state index in [4.69, 9.17) is 14.2 Å². The largest absolute Gasteiger partial charge is 0.462 e. The molecule has 0 saturated heterocycles. The van der Waals surface area contributed by atoms with Crippen LogP contribution in [0.15, 0.2) is 12.2 Å². The predicted octanol–water partition coefficient (Wildman–Crippen LogP) is 23.6. The van der Waals surface area contributed by atoms with Crippen LogP contribution in [0.25, 0.3) is 0 Å². The molecule has 0 spiro atoms. The van der Waals surface area contributed by atoms with Gasteiger partial charge in [-0.15, -0.1) is 0 Å². The van der Waals surface area contributed by atoms with Gasteiger partial charge in [0.1, 0.15) is 13.2 Å². The topological polar surface area (TPSA) is 78.9 Å². The molecule has 0 N–H and O–H groups in total. The van der Waals surface area contributed by atoms with E-state index in [-0.39, 0.29) is 31.1 Å². The second kappa shape index (κ2) is 65.7. The third-order valence-corrected chi connectivity index (χ3v) is 16.0. The molecule has 0 aromatic heterocycles. The minimum atomic E-state index is -0.768. The first-order valence-electron chi connectivity index (χ1n) is 34.7. The van der Waals surface area contributed by atoms with Crippen LogP contribution in [0.4, 0.5) is 0 Å². The van der Waals surface area contributed by atoms with Crippen LogP contribution in [0.2, 0.25) is 0 Å². The Morgan fingerprint density at radius 1 is 0.250 bits per heavy atom. The monoisotopic (exact) mass is 1070 g/mol. The second-order valence-corrected chi connectivity index (χ2v) is 23.8. The van der Waals surface area contributed by atoms with E-state index in [0.29, 0.717) is 19.3 Å². The number of carbonyl (C=O) groups is 3. The van der Waals surface area contributed by atoms with Crippen molar-refractivity contribution >= 4 is 17.9 Å². The van der Waals surface area contributed by atoms with E-state index < -0.39 is 6.10 Å². The molecule has 76 heavy (non-hydrogen) atoms. The molecule has 0 aromatic carbocycles. The molecule has 0 saturated carbocycles. The van der Waals surface area contributed by atoms with Gasteiger partial charge in [0.05, 0.1) is 0 Å². The lowest BCUT2D eigenvalue weighted by Crippen LogP contribution is -2.30. The van der Waals surface area contributed by atoms with Crippen LogP contribution in [-0.2, 0) is 28.6 Å². The Balaban J connectivity index is 4.15. The van der Waals surface area contributed by atoms with E-state index in [1.165, 1.54) is 302 Å². The molecule has 6 heteroatoms. The SMILES string of the molecule is CCCCCCCC/C=C\CCCCCCCCCC(=O)OC(COC(=O)CCCCCCCCCCCCCCC)COC(=O)CCCCCCCCCCCCCCCCCCCCCCCCCCCCCC. The van der Waals surface area contributed by atoms with Crippen LogP contribution in [0.3, 0.4) is 0 Å². The smallest absolute Gasteiger partial charge is 0.306 e. The normalized spacial score (nSPS) is 12.0. The van der Waals surface area contributed by atoms with Gasteiger partial charge in [0.25, 0.3) is 0 Å². The Morgan fingerprint density at radius 3 is 0.658 bits per heavy atom. The molecule has 0 bridgehead atoms. The van der Waals surface area contributed by atoms with Crippen molar-refractivity contribution in [3.05, 3.63) is 12.2 Å². The number of esters is 3. The van der Waals surface area contributed by atoms with Crippen LogP contribution in [0, 0.1) is 0 Å². The van der Waals surface area contributed by atoms with E-state index in [2.05, 4.69) is 32.9 Å². The maximum absolute atomic E-state index is 12.9. The number of ether oxygens (including phenoxy) is 3. The molecule has 0 radical (unpaired) electrons. The van der Waals surface area contributed by atoms with E-state index >= 15 is 0 Å². The molecule has 1 unspecified atom stereocenters. The summed E-state index contributed by atoms with van der Waals surface area (Å²) in [5, 5.41) is 0. The zero-order valence-corrected chi connectivity index (χ0v) is 51.8. The average Bonchev–Trinajstić information content (AvgIpc) is 3.42. The maximum atomic E-state index is 12.9. The maximum Gasteiger partial charge on any atom is 0.306 e. The van der Waals surface area contributed by atoms with Gasteiger partial charge in [-0.05, 0) is 44.9 Å². The Kier molecular flexibility index (Phi) is 64.1. The highest BCUT2D eigenvalue weighted by atomic mass is 16.6. The van der Waals surface area contributed by atoms with E-state index in [1.807, 2.05) is 0 Å². The fraction of sp³-hybridized carbons (Fsp3) is 0.929. The Hall–Kier alpha value is -1.85. The lowest BCUT2D eigenvalue weighted by Gasteiger charge is -2.18. The van der Waals surface area contributed by atoms with Gasteiger partial charge in [-0.2, -0.15) is 0 Å². The fourth-order valence-electron chi connectivity index (χ4n) is 10.8. The van der Waals surface area contributed by atoms with Crippen molar-refractivity contribution in [3.63, 3.8) is 0 Å². The molecule has 0 aliphatic rings. The summed E-state index contributed by atoms with van der Waals surface area (Å²) in [6.45, 7) is 6.71. The van der Waals surface area contributed by atoms with E-state index in [0.717, 1.165) is 57.8 Å². The second-order valence-electron chi connectivity index (χ2n) is 23.8. The molecule has 0 amide bonds. The summed E-state index contributed by atoms with van der Waals surface area (Å²) in [5.41, 5.74) is 0. The van der Waals surface area contributed by atoms with E-state index in [1.54, 1.807) is 0 Å². The van der Waals surface area contributed by atoms with Crippen molar-refractivity contribution in [3.8, 4) is 0 Å². The highest BCUT2D eigenvalue weighted by molar-refractivity contribution is 5.71. The first-order chi connectivity index (χ1) is 37.5. The van der Waals surface area contributed by atoms with Gasteiger partial charge < -0.3 is 14.2 Å². The zero-order chi connectivity index (χ0) is 55.0. The molecule has 6 nitrogen and oxygen atoms in total. The zero-order valence-electron chi connectivity index (χ0n) is 51.8. The minimum absolute atomic E-state index is 0.0651. The molecule has 0 heterocycles. The van der Waals surface area contributed by atoms with Gasteiger partial charge in [0.2, 0.25) is 0 Å². The van der Waals surface area contributed by atoms with Gasteiger partial charge in [-0.1, -0.05) is 348 Å². The van der Waals surface area contributed by atoms with Crippen LogP contribution in [0.1, 0.15) is 400 Å². The lowest BCUT2D eigenvalue weighted by molar-refractivity contribution is -0.167. The average molecular weight is 1070 g/mol. The number of rotatable bonds is 65. The number of unbranched alkanes of at least 4 members (excludes halogenated alkanes) is 52. The first-order valence-corrected chi connectivity index (χ1v) is 34.7. The van der Waals surface area contributed by atoms with E-state index in [9.17, 15) is 14.4 Å². The molecule has 0 aliphatic heterocycles. The van der Waals surface area contributed by atoms with Gasteiger partial charge in [0, 0.05) is 19.3 Å². The predicted molar refractivity (Wildman–Crippen MR) is 330 cm³/mol. The molecule has 0 aliphatic carbocycles. The first kappa shape index (κ1) is 74.2. The van der Waals surface area contributed by atoms with Crippen molar-refractivity contribution in [2.45, 2.75) is 406 Å². The van der Waals surface area contributed by atoms with Crippen LogP contribution < -0.4 is 0 Å². The highest BCUT2D eigenvalue weighted by Gasteiger charge is 2.19. The fourth-order valence-corrected chi connectivity index (χ4v) is 10.8. The number of carbonyl (C=O) groups excluding carboxylic acids is 3. The Bertz CT molecular complexity index is 1180. The van der Waals surface area contributed by atoms with Gasteiger partial charge in [-0.3, -0.25) is 14.4 Å². The Morgan fingerprint density at radius 2 is 0.434 bits per heavy atom. The van der Waals surface area contributed by atoms with Gasteiger partial charge in [-0.25, -0.2) is 0 Å². The number of hydrogen-bond acceptors (Lipinski definition) is 6. The van der Waals surface area contributed by atoms with Crippen LogP contribution >= 0.6 is 0 Å².